The topological polar surface area (TPSA) is 47.3 Å². The molecule has 1 aromatic heterocycles. The van der Waals surface area contributed by atoms with Gasteiger partial charge in [-0.1, -0.05) is 13.8 Å². The molecule has 19 heavy (non-hydrogen) atoms. The molecule has 0 spiro atoms. The van der Waals surface area contributed by atoms with E-state index in [1.807, 2.05) is 13.8 Å². The molecule has 1 aliphatic carbocycles. The molecule has 1 N–H and O–H groups in total. The maximum Gasteiger partial charge on any atom is 0.208 e. The van der Waals surface area contributed by atoms with Crippen LogP contribution in [0.25, 0.3) is 0 Å². The van der Waals surface area contributed by atoms with E-state index in [1.165, 1.54) is 0 Å². The van der Waals surface area contributed by atoms with Gasteiger partial charge in [0, 0.05) is 18.1 Å². The minimum Gasteiger partial charge on any atom is -0.444 e. The van der Waals surface area contributed by atoms with Crippen molar-refractivity contribution in [1.29, 1.82) is 0 Å². The Hall–Kier alpha value is -0.870. The van der Waals surface area contributed by atoms with E-state index < -0.39 is 0 Å². The third-order valence-electron chi connectivity index (χ3n) is 4.68. The maximum absolute atomic E-state index is 5.81. The summed E-state index contributed by atoms with van der Waals surface area (Å²) >= 11 is 0. The molecule has 3 atom stereocenters. The molecule has 0 bridgehead atoms. The summed E-state index contributed by atoms with van der Waals surface area (Å²) in [5.41, 5.74) is 1.21. The van der Waals surface area contributed by atoms with Crippen LogP contribution in [0.5, 0.6) is 0 Å². The molecule has 2 rings (SSSR count). The van der Waals surface area contributed by atoms with Gasteiger partial charge < -0.3 is 14.5 Å². The van der Waals surface area contributed by atoms with Crippen molar-refractivity contribution < 1.29 is 9.15 Å². The van der Waals surface area contributed by atoms with Crippen LogP contribution in [0.1, 0.15) is 51.0 Å². The second-order valence-corrected chi connectivity index (χ2v) is 5.72. The lowest BCUT2D eigenvalue weighted by Crippen LogP contribution is -2.61. The van der Waals surface area contributed by atoms with E-state index >= 15 is 0 Å². The Morgan fingerprint density at radius 1 is 1.42 bits per heavy atom. The Bertz CT molecular complexity index is 410. The maximum atomic E-state index is 5.81. The normalized spacial score (nSPS) is 30.4. The average molecular weight is 266 g/mol. The molecule has 4 nitrogen and oxygen atoms in total. The van der Waals surface area contributed by atoms with Crippen LogP contribution in [-0.2, 0) is 11.3 Å². The second kappa shape index (κ2) is 5.63. The Balaban J connectivity index is 1.90. The first-order chi connectivity index (χ1) is 9.01. The van der Waals surface area contributed by atoms with Gasteiger partial charge in [-0.05, 0) is 33.6 Å². The molecule has 1 aliphatic rings. The van der Waals surface area contributed by atoms with E-state index in [0.717, 1.165) is 36.8 Å². The zero-order valence-corrected chi connectivity index (χ0v) is 12.7. The number of nitrogens with one attached hydrogen (secondary N) is 1. The van der Waals surface area contributed by atoms with E-state index in [-0.39, 0.29) is 5.41 Å². The fourth-order valence-corrected chi connectivity index (χ4v) is 2.89. The highest BCUT2D eigenvalue weighted by Crippen LogP contribution is 2.45. The summed E-state index contributed by atoms with van der Waals surface area (Å²) < 4.78 is 11.4. The minimum atomic E-state index is 0.229. The Morgan fingerprint density at radius 2 is 2.16 bits per heavy atom. The van der Waals surface area contributed by atoms with Crippen molar-refractivity contribution in [2.75, 3.05) is 6.61 Å². The number of nitrogens with zero attached hydrogens (tertiary/aromatic N) is 1. The van der Waals surface area contributed by atoms with Crippen molar-refractivity contribution in [2.24, 2.45) is 5.41 Å². The number of aryl methyl sites for hydroxylation is 2. The summed E-state index contributed by atoms with van der Waals surface area (Å²) in [4.78, 5) is 4.41. The third kappa shape index (κ3) is 2.70. The molecular formula is C15H26N2O2. The van der Waals surface area contributed by atoms with Gasteiger partial charge >= 0.3 is 0 Å². The molecule has 1 saturated carbocycles. The molecule has 0 amide bonds. The summed E-state index contributed by atoms with van der Waals surface area (Å²) in [6, 6.07) is 0.488. The largest absolute Gasteiger partial charge is 0.444 e. The Kier molecular flexibility index (Phi) is 4.31. The molecule has 0 aromatic carbocycles. The van der Waals surface area contributed by atoms with Crippen LogP contribution >= 0.6 is 0 Å². The van der Waals surface area contributed by atoms with Crippen LogP contribution in [0, 0.1) is 19.3 Å². The van der Waals surface area contributed by atoms with E-state index in [0.29, 0.717) is 18.7 Å². The molecule has 0 radical (unpaired) electrons. The highest BCUT2D eigenvalue weighted by atomic mass is 16.5. The van der Waals surface area contributed by atoms with Crippen molar-refractivity contribution in [3.05, 3.63) is 17.3 Å². The molecule has 3 unspecified atom stereocenters. The minimum absolute atomic E-state index is 0.229. The van der Waals surface area contributed by atoms with E-state index in [9.17, 15) is 0 Å². The highest BCUT2D eigenvalue weighted by molar-refractivity contribution is 5.07. The van der Waals surface area contributed by atoms with Gasteiger partial charge in [-0.25, -0.2) is 4.98 Å². The number of hydrogen-bond acceptors (Lipinski definition) is 4. The predicted octanol–water partition coefficient (Wildman–Crippen LogP) is 2.97. The van der Waals surface area contributed by atoms with Crippen LogP contribution < -0.4 is 5.32 Å². The lowest BCUT2D eigenvalue weighted by atomic mass is 9.61. The number of ether oxygens (including phenoxy) is 1. The smallest absolute Gasteiger partial charge is 0.208 e. The fraction of sp³-hybridized carbons (Fsp3) is 0.800. The number of hydrogen-bond donors (Lipinski definition) is 1. The van der Waals surface area contributed by atoms with E-state index in [2.05, 4.69) is 31.1 Å². The zero-order chi connectivity index (χ0) is 14.0. The van der Waals surface area contributed by atoms with Crippen LogP contribution in [0.3, 0.4) is 0 Å². The Morgan fingerprint density at radius 3 is 2.68 bits per heavy atom. The van der Waals surface area contributed by atoms with Crippen molar-refractivity contribution in [3.63, 3.8) is 0 Å². The van der Waals surface area contributed by atoms with Gasteiger partial charge in [0.25, 0.3) is 0 Å². The standard InChI is InChI=1S/C15H26N2O2/c1-6-15(5)12(8-13(15)18-7-2)16-9-14-17-10(3)11(4)19-14/h12-13,16H,6-9H2,1-5H3. The van der Waals surface area contributed by atoms with Crippen molar-refractivity contribution in [2.45, 2.75) is 66.2 Å². The fourth-order valence-electron chi connectivity index (χ4n) is 2.89. The summed E-state index contributed by atoms with van der Waals surface area (Å²) in [5.74, 6) is 1.70. The summed E-state index contributed by atoms with van der Waals surface area (Å²) in [6.45, 7) is 12.0. The first-order valence-corrected chi connectivity index (χ1v) is 7.29. The van der Waals surface area contributed by atoms with Crippen LogP contribution in [0.15, 0.2) is 4.42 Å². The molecular weight excluding hydrogens is 240 g/mol. The van der Waals surface area contributed by atoms with E-state index in [4.69, 9.17) is 9.15 Å². The first-order valence-electron chi connectivity index (χ1n) is 7.29. The summed E-state index contributed by atoms with van der Waals surface area (Å²) in [5, 5.41) is 3.57. The van der Waals surface area contributed by atoms with Gasteiger partial charge in [0.05, 0.1) is 18.3 Å². The van der Waals surface area contributed by atoms with Gasteiger partial charge in [0.2, 0.25) is 5.89 Å². The summed E-state index contributed by atoms with van der Waals surface area (Å²) in [6.07, 6.45) is 2.59. The molecule has 1 fully saturated rings. The van der Waals surface area contributed by atoms with Gasteiger partial charge in [0.1, 0.15) is 5.76 Å². The predicted molar refractivity (Wildman–Crippen MR) is 75.0 cm³/mol. The molecule has 0 aliphatic heterocycles. The highest BCUT2D eigenvalue weighted by Gasteiger charge is 2.50. The Labute approximate surface area is 115 Å². The van der Waals surface area contributed by atoms with Gasteiger partial charge in [-0.2, -0.15) is 0 Å². The van der Waals surface area contributed by atoms with Gasteiger partial charge in [-0.15, -0.1) is 0 Å². The zero-order valence-electron chi connectivity index (χ0n) is 12.7. The average Bonchev–Trinajstić information content (AvgIpc) is 2.71. The van der Waals surface area contributed by atoms with E-state index in [1.54, 1.807) is 0 Å². The molecule has 4 heteroatoms. The van der Waals surface area contributed by atoms with Crippen LogP contribution in [0.2, 0.25) is 0 Å². The van der Waals surface area contributed by atoms with Crippen LogP contribution in [0.4, 0.5) is 0 Å². The lowest BCUT2D eigenvalue weighted by Gasteiger charge is -2.53. The second-order valence-electron chi connectivity index (χ2n) is 5.72. The number of aromatic nitrogens is 1. The first kappa shape index (κ1) is 14.5. The SMILES string of the molecule is CCOC1CC(NCc2nc(C)c(C)o2)C1(C)CC. The quantitative estimate of drug-likeness (QED) is 0.860. The van der Waals surface area contributed by atoms with Gasteiger partial charge in [0.15, 0.2) is 0 Å². The monoisotopic (exact) mass is 266 g/mol. The summed E-state index contributed by atoms with van der Waals surface area (Å²) in [7, 11) is 0. The molecule has 0 saturated heterocycles. The van der Waals surface area contributed by atoms with Crippen LogP contribution in [-0.4, -0.2) is 23.7 Å². The molecule has 1 aromatic rings. The van der Waals surface area contributed by atoms with Crippen molar-refractivity contribution in [1.82, 2.24) is 10.3 Å². The third-order valence-corrected chi connectivity index (χ3v) is 4.68. The van der Waals surface area contributed by atoms with Gasteiger partial charge in [-0.3, -0.25) is 0 Å². The lowest BCUT2D eigenvalue weighted by molar-refractivity contribution is -0.126. The number of rotatable bonds is 6. The molecule has 108 valence electrons. The van der Waals surface area contributed by atoms with Crippen molar-refractivity contribution >= 4 is 0 Å². The number of oxazole rings is 1. The molecule has 1 heterocycles. The van der Waals surface area contributed by atoms with Crippen molar-refractivity contribution in [3.8, 4) is 0 Å².